The molecule has 4 aromatic rings. The Morgan fingerprint density at radius 3 is 2.54 bits per heavy atom. The maximum Gasteiger partial charge on any atom is 0.227 e. The molecule has 0 amide bonds. The van der Waals surface area contributed by atoms with Crippen LogP contribution in [0.3, 0.4) is 0 Å². The molecular weight excluding hydrogens is 342 g/mol. The quantitative estimate of drug-likeness (QED) is 0.504. The van der Waals surface area contributed by atoms with Gasteiger partial charge in [-0.3, -0.25) is 0 Å². The Kier molecular flexibility index (Phi) is 4.58. The van der Waals surface area contributed by atoms with E-state index < -0.39 is 0 Å². The molecule has 0 saturated heterocycles. The summed E-state index contributed by atoms with van der Waals surface area (Å²) in [4.78, 5) is 17.8. The number of rotatable bonds is 5. The van der Waals surface area contributed by atoms with Crippen LogP contribution >= 0.6 is 11.8 Å². The number of hydrogen-bond donors (Lipinski definition) is 2. The molecule has 4 rings (SSSR count). The minimum Gasteiger partial charge on any atom is -0.346 e. The van der Waals surface area contributed by atoms with Gasteiger partial charge in [-0.1, -0.05) is 0 Å². The van der Waals surface area contributed by atoms with Crippen molar-refractivity contribution in [1.29, 1.82) is 0 Å². The van der Waals surface area contributed by atoms with Gasteiger partial charge in [0.1, 0.15) is 5.65 Å². The third-order valence-corrected chi connectivity index (χ3v) is 4.94. The van der Waals surface area contributed by atoms with Gasteiger partial charge in [-0.25, -0.2) is 15.0 Å². The highest BCUT2D eigenvalue weighted by molar-refractivity contribution is 7.98. The fourth-order valence-electron chi connectivity index (χ4n) is 2.84. The number of nitrogens with zero attached hydrogens (tertiary/aromatic N) is 3. The third-order valence-electron chi connectivity index (χ3n) is 4.20. The van der Waals surface area contributed by atoms with Crippen molar-refractivity contribution in [2.45, 2.75) is 18.2 Å². The summed E-state index contributed by atoms with van der Waals surface area (Å²) >= 11 is 1.72. The van der Waals surface area contributed by atoms with Gasteiger partial charge in [0.2, 0.25) is 5.95 Å². The van der Waals surface area contributed by atoms with Crippen molar-refractivity contribution in [1.82, 2.24) is 19.9 Å². The molecule has 6 heteroatoms. The molecule has 0 bridgehead atoms. The van der Waals surface area contributed by atoms with Crippen LogP contribution in [0.5, 0.6) is 0 Å². The van der Waals surface area contributed by atoms with Crippen LogP contribution in [0, 0.1) is 6.92 Å². The smallest absolute Gasteiger partial charge is 0.227 e. The summed E-state index contributed by atoms with van der Waals surface area (Å²) in [6.07, 6.45) is 10.5. The van der Waals surface area contributed by atoms with E-state index in [1.807, 2.05) is 36.9 Å². The summed E-state index contributed by atoms with van der Waals surface area (Å²) in [5.74, 6) is 0.599. The van der Waals surface area contributed by atoms with E-state index in [0.29, 0.717) is 5.95 Å². The Morgan fingerprint density at radius 2 is 1.81 bits per heavy atom. The minimum atomic E-state index is 0.599. The zero-order valence-corrected chi connectivity index (χ0v) is 15.5. The van der Waals surface area contributed by atoms with Crippen LogP contribution in [-0.2, 0) is 6.42 Å². The maximum absolute atomic E-state index is 4.44. The van der Waals surface area contributed by atoms with Gasteiger partial charge in [-0.2, -0.15) is 0 Å². The first-order valence-corrected chi connectivity index (χ1v) is 9.58. The molecule has 5 nitrogen and oxygen atoms in total. The first-order chi connectivity index (χ1) is 12.7. The van der Waals surface area contributed by atoms with Crippen molar-refractivity contribution in [2.75, 3.05) is 11.6 Å². The molecule has 0 aliphatic rings. The lowest BCUT2D eigenvalue weighted by molar-refractivity contribution is 1.08. The van der Waals surface area contributed by atoms with E-state index in [1.165, 1.54) is 10.5 Å². The highest BCUT2D eigenvalue weighted by atomic mass is 32.2. The molecule has 0 atom stereocenters. The van der Waals surface area contributed by atoms with E-state index in [2.05, 4.69) is 56.6 Å². The zero-order valence-electron chi connectivity index (χ0n) is 14.7. The lowest BCUT2D eigenvalue weighted by Crippen LogP contribution is -1.98. The fraction of sp³-hybridized carbons (Fsp3) is 0.150. The topological polar surface area (TPSA) is 66.5 Å². The fourth-order valence-corrected chi connectivity index (χ4v) is 3.25. The molecule has 0 saturated carbocycles. The average molecular weight is 361 g/mol. The van der Waals surface area contributed by atoms with Crippen LogP contribution in [0.15, 0.2) is 60.0 Å². The second-order valence-electron chi connectivity index (χ2n) is 6.17. The Bertz CT molecular complexity index is 1020. The molecule has 1 aromatic carbocycles. The Hall–Kier alpha value is -2.86. The lowest BCUT2D eigenvalue weighted by atomic mass is 10.1. The third kappa shape index (κ3) is 3.55. The summed E-state index contributed by atoms with van der Waals surface area (Å²) < 4.78 is 0. The molecule has 0 spiro atoms. The van der Waals surface area contributed by atoms with Crippen LogP contribution in [0.25, 0.3) is 11.0 Å². The van der Waals surface area contributed by atoms with Crippen molar-refractivity contribution >= 4 is 34.4 Å². The van der Waals surface area contributed by atoms with E-state index in [9.17, 15) is 0 Å². The molecule has 3 heterocycles. The summed E-state index contributed by atoms with van der Waals surface area (Å²) in [5.41, 5.74) is 5.32. The van der Waals surface area contributed by atoms with Crippen LogP contribution in [0.2, 0.25) is 0 Å². The van der Waals surface area contributed by atoms with E-state index in [1.54, 1.807) is 11.8 Å². The van der Waals surface area contributed by atoms with Gasteiger partial charge in [0, 0.05) is 47.2 Å². The number of pyridine rings is 1. The summed E-state index contributed by atoms with van der Waals surface area (Å²) in [6, 6.07) is 10.4. The lowest BCUT2D eigenvalue weighted by Gasteiger charge is -2.06. The molecule has 0 unspecified atom stereocenters. The average Bonchev–Trinajstić information content (AvgIpc) is 3.06. The van der Waals surface area contributed by atoms with Crippen LogP contribution in [0.1, 0.15) is 16.7 Å². The number of anilines is 2. The number of hydrogen-bond acceptors (Lipinski definition) is 5. The standard InChI is InChI=1S/C20H19N5S/c1-13-7-18-15(12-22-19(18)21-9-13)8-14-10-23-20(24-11-14)25-16-3-5-17(26-2)6-4-16/h3-7,9-12H,8H2,1-2H3,(H,21,22)(H,23,24,25). The Labute approximate surface area is 156 Å². The number of H-pyrrole nitrogens is 1. The summed E-state index contributed by atoms with van der Waals surface area (Å²) in [6.45, 7) is 2.05. The van der Waals surface area contributed by atoms with Crippen molar-refractivity contribution in [3.8, 4) is 0 Å². The van der Waals surface area contributed by atoms with Gasteiger partial charge < -0.3 is 10.3 Å². The number of thioether (sulfide) groups is 1. The minimum absolute atomic E-state index is 0.599. The molecular formula is C20H19N5S. The predicted molar refractivity (Wildman–Crippen MR) is 107 cm³/mol. The molecule has 0 aliphatic carbocycles. The SMILES string of the molecule is CSc1ccc(Nc2ncc(Cc3c[nH]c4ncc(C)cc34)cn2)cc1. The normalized spacial score (nSPS) is 11.0. The van der Waals surface area contributed by atoms with Crippen LogP contribution < -0.4 is 5.32 Å². The Balaban J connectivity index is 1.49. The molecule has 2 N–H and O–H groups in total. The van der Waals surface area contributed by atoms with Gasteiger partial charge in [-0.05, 0) is 60.2 Å². The predicted octanol–water partition coefficient (Wildman–Crippen LogP) is 4.72. The van der Waals surface area contributed by atoms with Crippen molar-refractivity contribution in [3.05, 3.63) is 71.8 Å². The van der Waals surface area contributed by atoms with E-state index in [-0.39, 0.29) is 0 Å². The van der Waals surface area contributed by atoms with Crippen molar-refractivity contribution in [3.63, 3.8) is 0 Å². The highest BCUT2D eigenvalue weighted by Crippen LogP contribution is 2.21. The number of aryl methyl sites for hydroxylation is 1. The first-order valence-electron chi connectivity index (χ1n) is 8.36. The number of fused-ring (bicyclic) bond motifs is 1. The molecule has 3 aromatic heterocycles. The van der Waals surface area contributed by atoms with Crippen LogP contribution in [-0.4, -0.2) is 26.2 Å². The van der Waals surface area contributed by atoms with E-state index in [0.717, 1.165) is 34.3 Å². The monoisotopic (exact) mass is 361 g/mol. The first kappa shape index (κ1) is 16.6. The molecule has 0 radical (unpaired) electrons. The molecule has 0 aliphatic heterocycles. The van der Waals surface area contributed by atoms with Gasteiger partial charge in [0.05, 0.1) is 0 Å². The zero-order chi connectivity index (χ0) is 17.9. The van der Waals surface area contributed by atoms with Gasteiger partial charge in [0.15, 0.2) is 0 Å². The summed E-state index contributed by atoms with van der Waals surface area (Å²) in [5, 5.41) is 4.38. The highest BCUT2D eigenvalue weighted by Gasteiger charge is 2.07. The van der Waals surface area contributed by atoms with Gasteiger partial charge in [-0.15, -0.1) is 11.8 Å². The van der Waals surface area contributed by atoms with Crippen molar-refractivity contribution < 1.29 is 0 Å². The summed E-state index contributed by atoms with van der Waals surface area (Å²) in [7, 11) is 0. The molecule has 0 fully saturated rings. The van der Waals surface area contributed by atoms with E-state index >= 15 is 0 Å². The van der Waals surface area contributed by atoms with Crippen LogP contribution in [0.4, 0.5) is 11.6 Å². The van der Waals surface area contributed by atoms with E-state index in [4.69, 9.17) is 0 Å². The number of benzene rings is 1. The van der Waals surface area contributed by atoms with Gasteiger partial charge in [0.25, 0.3) is 0 Å². The number of aromatic nitrogens is 4. The largest absolute Gasteiger partial charge is 0.346 e. The number of aromatic amines is 1. The number of nitrogens with one attached hydrogen (secondary N) is 2. The molecule has 130 valence electrons. The van der Waals surface area contributed by atoms with Gasteiger partial charge >= 0.3 is 0 Å². The maximum atomic E-state index is 4.44. The second kappa shape index (κ2) is 7.17. The Morgan fingerprint density at radius 1 is 1.04 bits per heavy atom. The second-order valence-corrected chi connectivity index (χ2v) is 7.05. The van der Waals surface area contributed by atoms with Crippen molar-refractivity contribution in [2.24, 2.45) is 0 Å². The molecule has 26 heavy (non-hydrogen) atoms.